The van der Waals surface area contributed by atoms with Crippen molar-refractivity contribution in [3.8, 4) is 6.07 Å². The van der Waals surface area contributed by atoms with Crippen LogP contribution in [-0.2, 0) is 36.8 Å². The first-order valence-corrected chi connectivity index (χ1v) is 20.6. The maximum absolute atomic E-state index is 12.2. The van der Waals surface area contributed by atoms with Crippen LogP contribution in [0.4, 0.5) is 39.9 Å². The number of nitrogens with one attached hydrogen (secondary N) is 1. The molecule has 0 aliphatic carbocycles. The smallest absolute Gasteiger partial charge is 0.296 e. The number of para-hydroxylation sites is 1. The summed E-state index contributed by atoms with van der Waals surface area (Å²) in [6.45, 7) is 1.55. The van der Waals surface area contributed by atoms with Crippen molar-refractivity contribution >= 4 is 81.1 Å². The molecule has 0 amide bonds. The molecule has 0 saturated carbocycles. The third-order valence-corrected chi connectivity index (χ3v) is 11.0. The number of aromatic nitrogens is 1. The van der Waals surface area contributed by atoms with Gasteiger partial charge >= 0.3 is 0 Å². The molecule has 58 heavy (non-hydrogen) atoms. The average Bonchev–Trinajstić information content (AvgIpc) is 3.16. The van der Waals surface area contributed by atoms with Gasteiger partial charge in [-0.05, 0) is 79.2 Å². The summed E-state index contributed by atoms with van der Waals surface area (Å²) in [5.41, 5.74) is 1.10. The maximum Gasteiger partial charge on any atom is 0.296 e. The van der Waals surface area contributed by atoms with Gasteiger partial charge in [0.1, 0.15) is 11.8 Å². The number of azo groups is 2. The van der Waals surface area contributed by atoms with Crippen LogP contribution in [0.2, 0.25) is 0 Å². The van der Waals surface area contributed by atoms with Crippen LogP contribution in [0, 0.1) is 28.4 Å². The number of nitro groups is 1. The van der Waals surface area contributed by atoms with Gasteiger partial charge in [0.05, 0.1) is 42.2 Å². The molecule has 0 aliphatic rings. The lowest BCUT2D eigenvalue weighted by molar-refractivity contribution is -0.384. The zero-order valence-corrected chi connectivity index (χ0v) is 31.9. The van der Waals surface area contributed by atoms with Crippen LogP contribution in [0.5, 0.6) is 0 Å². The third kappa shape index (κ3) is 9.05. The molecule has 0 fully saturated rings. The number of anilines is 2. The van der Waals surface area contributed by atoms with E-state index in [1.807, 2.05) is 0 Å². The molecule has 0 spiro atoms. The Morgan fingerprint density at radius 3 is 1.83 bits per heavy atom. The Labute approximate surface area is 329 Å². The Balaban J connectivity index is 1.49. The number of fused-ring (bicyclic) bond motifs is 1. The molecule has 294 valence electrons. The van der Waals surface area contributed by atoms with E-state index in [1.54, 1.807) is 6.92 Å². The lowest BCUT2D eigenvalue weighted by atomic mass is 10.0. The molecule has 1 heterocycles. The number of benzene rings is 5. The van der Waals surface area contributed by atoms with E-state index >= 15 is 0 Å². The fraction of sp³-hybridized carbons (Fsp3) is 0.0556. The summed E-state index contributed by atoms with van der Waals surface area (Å²) in [5, 5.41) is 42.1. The van der Waals surface area contributed by atoms with Crippen LogP contribution >= 0.6 is 0 Å². The molecule has 0 atom stereocenters. The summed E-state index contributed by atoms with van der Waals surface area (Å²) in [6.07, 6.45) is -0.00547. The SMILES string of the molecule is Cc1c(C#N)c(Cc2ccc(S(=O)(=O)O)cc2)nc(Nc2ccc(S(=O)(=O)O)cc2)c1N=Nc1ccc(N=Nc2ccccc2[N+](=O)[O-])c2ccc(S(=O)(=O)O)cc12. The monoisotopic (exact) mass is 842 g/mol. The van der Waals surface area contributed by atoms with E-state index in [0.29, 0.717) is 5.56 Å². The van der Waals surface area contributed by atoms with Gasteiger partial charge in [0.15, 0.2) is 11.5 Å². The summed E-state index contributed by atoms with van der Waals surface area (Å²) >= 11 is 0. The second-order valence-corrected chi connectivity index (χ2v) is 16.5. The van der Waals surface area contributed by atoms with Crippen molar-refractivity contribution in [2.75, 3.05) is 5.32 Å². The van der Waals surface area contributed by atoms with E-state index < -0.39 is 45.1 Å². The van der Waals surface area contributed by atoms with Gasteiger partial charge in [0.25, 0.3) is 36.0 Å². The highest BCUT2D eigenvalue weighted by Gasteiger charge is 2.21. The summed E-state index contributed by atoms with van der Waals surface area (Å²) in [5.74, 6) is 0.00205. The molecule has 0 radical (unpaired) electrons. The van der Waals surface area contributed by atoms with Crippen LogP contribution in [0.3, 0.4) is 0 Å². The Hall–Kier alpha value is -6.87. The fourth-order valence-corrected chi connectivity index (χ4v) is 7.07. The van der Waals surface area contributed by atoms with Crippen molar-refractivity contribution < 1.29 is 43.8 Å². The standard InChI is InChI=1S/C36H26N8O11S3/c1-21-29(20-37)33(18-22-6-10-24(11-7-22)56(47,48)49)39-36(38-23-8-12-25(13-9-23)57(50,51)52)35(21)43-41-31-17-16-30(27-15-14-26(19-28(27)31)58(53,54)55)40-42-32-4-2-3-5-34(32)44(45)46/h2-17,19H,18H2,1H3,(H,38,39)(H,47,48,49)(H,50,51,52)(H,53,54,55). The van der Waals surface area contributed by atoms with Crippen molar-refractivity contribution in [2.45, 2.75) is 28.0 Å². The van der Waals surface area contributed by atoms with Gasteiger partial charge in [-0.2, -0.15) is 30.5 Å². The third-order valence-electron chi connectivity index (χ3n) is 8.45. The fourth-order valence-electron chi connectivity index (χ4n) is 5.61. The number of rotatable bonds is 12. The number of hydrogen-bond donors (Lipinski definition) is 4. The minimum Gasteiger partial charge on any atom is -0.338 e. The number of nitrogens with zero attached hydrogens (tertiary/aromatic N) is 7. The van der Waals surface area contributed by atoms with Crippen LogP contribution < -0.4 is 5.32 Å². The molecular weight excluding hydrogens is 817 g/mol. The molecule has 19 nitrogen and oxygen atoms in total. The lowest BCUT2D eigenvalue weighted by Gasteiger charge is -2.15. The van der Waals surface area contributed by atoms with Crippen molar-refractivity contribution in [1.82, 2.24) is 4.98 Å². The van der Waals surface area contributed by atoms with E-state index in [-0.39, 0.29) is 78.9 Å². The molecule has 22 heteroatoms. The van der Waals surface area contributed by atoms with Gasteiger partial charge in [0.2, 0.25) is 0 Å². The molecule has 6 aromatic rings. The first-order valence-electron chi connectivity index (χ1n) is 16.3. The topological polar surface area (TPSA) is 304 Å². The minimum atomic E-state index is -4.72. The van der Waals surface area contributed by atoms with E-state index in [2.05, 4.69) is 36.8 Å². The quantitative estimate of drug-likeness (QED) is 0.0390. The Morgan fingerprint density at radius 1 is 0.707 bits per heavy atom. The van der Waals surface area contributed by atoms with Crippen molar-refractivity contribution in [1.29, 1.82) is 5.26 Å². The number of hydrogen-bond acceptors (Lipinski definition) is 15. The van der Waals surface area contributed by atoms with E-state index in [9.17, 15) is 54.3 Å². The zero-order valence-electron chi connectivity index (χ0n) is 29.5. The highest BCUT2D eigenvalue weighted by atomic mass is 32.2. The van der Waals surface area contributed by atoms with Gasteiger partial charge in [0, 0.05) is 34.5 Å². The average molecular weight is 843 g/mol. The summed E-state index contributed by atoms with van der Waals surface area (Å²) in [6, 6.07) is 24.2. The van der Waals surface area contributed by atoms with Crippen LogP contribution in [0.1, 0.15) is 22.4 Å². The van der Waals surface area contributed by atoms with Gasteiger partial charge in [-0.25, -0.2) is 4.98 Å². The molecular formula is C36H26N8O11S3. The van der Waals surface area contributed by atoms with Crippen molar-refractivity contribution in [2.24, 2.45) is 20.5 Å². The van der Waals surface area contributed by atoms with Crippen molar-refractivity contribution in [3.63, 3.8) is 0 Å². The molecule has 4 N–H and O–H groups in total. The largest absolute Gasteiger partial charge is 0.338 e. The summed E-state index contributed by atoms with van der Waals surface area (Å²) in [7, 11) is -13.7. The first-order chi connectivity index (χ1) is 27.3. The molecule has 0 aliphatic heterocycles. The van der Waals surface area contributed by atoms with E-state index in [0.717, 1.165) is 24.3 Å². The van der Waals surface area contributed by atoms with Crippen LogP contribution in [-0.4, -0.2) is 48.8 Å². The molecule has 1 aromatic heterocycles. The first kappa shape index (κ1) is 40.8. The van der Waals surface area contributed by atoms with Crippen LogP contribution in [0.15, 0.2) is 138 Å². The Morgan fingerprint density at radius 2 is 1.24 bits per heavy atom. The minimum absolute atomic E-state index is 0.000105. The Bertz CT molecular complexity index is 3080. The summed E-state index contributed by atoms with van der Waals surface area (Å²) in [4.78, 5) is 14.3. The maximum atomic E-state index is 12.2. The highest BCUT2D eigenvalue weighted by Crippen LogP contribution is 2.40. The molecule has 5 aromatic carbocycles. The van der Waals surface area contributed by atoms with E-state index in [1.165, 1.54) is 78.9 Å². The van der Waals surface area contributed by atoms with Gasteiger partial charge in [-0.3, -0.25) is 23.8 Å². The molecule has 6 rings (SSSR count). The predicted molar refractivity (Wildman–Crippen MR) is 208 cm³/mol. The van der Waals surface area contributed by atoms with Gasteiger partial charge < -0.3 is 5.32 Å². The number of nitriles is 1. The second-order valence-electron chi connectivity index (χ2n) is 12.2. The molecule has 0 saturated heterocycles. The second kappa shape index (κ2) is 15.9. The number of pyridine rings is 1. The molecule has 0 bridgehead atoms. The zero-order chi connectivity index (χ0) is 42.0. The Kier molecular flexibility index (Phi) is 11.2. The molecule has 0 unspecified atom stereocenters. The van der Waals surface area contributed by atoms with Gasteiger partial charge in [-0.15, -0.1) is 20.5 Å². The normalized spacial score (nSPS) is 12.3. The lowest BCUT2D eigenvalue weighted by Crippen LogP contribution is -2.05. The number of nitro benzene ring substituents is 1. The summed E-state index contributed by atoms with van der Waals surface area (Å²) < 4.78 is 99.4. The highest BCUT2D eigenvalue weighted by molar-refractivity contribution is 7.86. The van der Waals surface area contributed by atoms with Crippen molar-refractivity contribution in [3.05, 3.63) is 136 Å². The van der Waals surface area contributed by atoms with E-state index in [4.69, 9.17) is 0 Å². The predicted octanol–water partition coefficient (Wildman–Crippen LogP) is 8.23. The van der Waals surface area contributed by atoms with Gasteiger partial charge in [-0.1, -0.05) is 30.3 Å². The van der Waals surface area contributed by atoms with Crippen LogP contribution in [0.25, 0.3) is 10.8 Å².